The minimum absolute atomic E-state index is 0.123. The van der Waals surface area contributed by atoms with Crippen LogP contribution in [0.2, 0.25) is 0 Å². The molecule has 34 heavy (non-hydrogen) atoms. The van der Waals surface area contributed by atoms with Gasteiger partial charge < -0.3 is 10.1 Å². The van der Waals surface area contributed by atoms with E-state index in [1.54, 1.807) is 42.5 Å². The summed E-state index contributed by atoms with van der Waals surface area (Å²) < 4.78 is 33.6. The predicted octanol–water partition coefficient (Wildman–Crippen LogP) is 5.16. The maximum absolute atomic E-state index is 13.5. The standard InChI is InChI=1S/C27H32N2O4S/c1-5-26(22-13-12-20(3)21(4)18-22)28-27(30)19-29(23-14-16-24(17-15-23)33-6-2)34(31,32)25-10-8-7-9-11-25/h7-18,26H,5-6,19H2,1-4H3,(H,28,30). The summed E-state index contributed by atoms with van der Waals surface area (Å²) in [6.45, 7) is 8.11. The van der Waals surface area contributed by atoms with E-state index in [2.05, 4.69) is 11.4 Å². The Morgan fingerprint density at radius 1 is 0.941 bits per heavy atom. The smallest absolute Gasteiger partial charge is 0.264 e. The van der Waals surface area contributed by atoms with Crippen LogP contribution >= 0.6 is 0 Å². The van der Waals surface area contributed by atoms with Crippen LogP contribution in [0.15, 0.2) is 77.7 Å². The fourth-order valence-electron chi connectivity index (χ4n) is 3.68. The molecule has 3 aromatic carbocycles. The summed E-state index contributed by atoms with van der Waals surface area (Å²) >= 11 is 0. The summed E-state index contributed by atoms with van der Waals surface area (Å²) in [6, 6.07) is 20.7. The number of sulfonamides is 1. The zero-order valence-electron chi connectivity index (χ0n) is 20.1. The van der Waals surface area contributed by atoms with Crippen LogP contribution in [0, 0.1) is 13.8 Å². The molecule has 0 aromatic heterocycles. The fraction of sp³-hybridized carbons (Fsp3) is 0.296. The van der Waals surface area contributed by atoms with Gasteiger partial charge in [-0.1, -0.05) is 43.3 Å². The first-order valence-corrected chi connectivity index (χ1v) is 12.9. The highest BCUT2D eigenvalue weighted by atomic mass is 32.2. The average Bonchev–Trinajstić information content (AvgIpc) is 2.84. The number of aryl methyl sites for hydroxylation is 2. The largest absolute Gasteiger partial charge is 0.494 e. The summed E-state index contributed by atoms with van der Waals surface area (Å²) in [4.78, 5) is 13.2. The van der Waals surface area contributed by atoms with Crippen molar-refractivity contribution in [2.75, 3.05) is 17.5 Å². The topological polar surface area (TPSA) is 75.7 Å². The van der Waals surface area contributed by atoms with Crippen LogP contribution in [0.1, 0.15) is 43.0 Å². The van der Waals surface area contributed by atoms with E-state index in [4.69, 9.17) is 4.74 Å². The van der Waals surface area contributed by atoms with E-state index >= 15 is 0 Å². The molecule has 0 radical (unpaired) electrons. The van der Waals surface area contributed by atoms with Gasteiger partial charge in [0.05, 0.1) is 23.2 Å². The third-order valence-corrected chi connectivity index (χ3v) is 7.52. The number of ether oxygens (including phenoxy) is 1. The molecule has 0 saturated heterocycles. The van der Waals surface area contributed by atoms with E-state index in [-0.39, 0.29) is 23.4 Å². The molecule has 6 nitrogen and oxygen atoms in total. The molecular formula is C27H32N2O4S. The quantitative estimate of drug-likeness (QED) is 0.435. The van der Waals surface area contributed by atoms with E-state index in [9.17, 15) is 13.2 Å². The van der Waals surface area contributed by atoms with Crippen molar-refractivity contribution in [2.45, 2.75) is 45.1 Å². The molecular weight excluding hydrogens is 448 g/mol. The Balaban J connectivity index is 1.89. The molecule has 180 valence electrons. The molecule has 7 heteroatoms. The molecule has 0 fully saturated rings. The second-order valence-corrected chi connectivity index (χ2v) is 9.99. The Kier molecular flexibility index (Phi) is 8.34. The van der Waals surface area contributed by atoms with Crippen molar-refractivity contribution >= 4 is 21.6 Å². The summed E-state index contributed by atoms with van der Waals surface area (Å²) in [5, 5.41) is 3.02. The summed E-state index contributed by atoms with van der Waals surface area (Å²) in [5.74, 6) is 0.256. The maximum Gasteiger partial charge on any atom is 0.264 e. The van der Waals surface area contributed by atoms with Crippen molar-refractivity contribution in [3.05, 3.63) is 89.5 Å². The van der Waals surface area contributed by atoms with E-state index in [1.807, 2.05) is 39.8 Å². The van der Waals surface area contributed by atoms with Gasteiger partial charge in [-0.25, -0.2) is 8.42 Å². The van der Waals surface area contributed by atoms with Crippen molar-refractivity contribution in [1.82, 2.24) is 5.32 Å². The van der Waals surface area contributed by atoms with Crippen LogP contribution in [0.3, 0.4) is 0 Å². The zero-order chi connectivity index (χ0) is 24.7. The third-order valence-electron chi connectivity index (χ3n) is 5.73. The number of benzene rings is 3. The molecule has 0 heterocycles. The van der Waals surface area contributed by atoms with E-state index in [1.165, 1.54) is 17.7 Å². The lowest BCUT2D eigenvalue weighted by molar-refractivity contribution is -0.120. The van der Waals surface area contributed by atoms with E-state index < -0.39 is 10.0 Å². The minimum atomic E-state index is -3.96. The lowest BCUT2D eigenvalue weighted by Gasteiger charge is -2.26. The van der Waals surface area contributed by atoms with Crippen LogP contribution in [0.5, 0.6) is 5.75 Å². The number of nitrogens with zero attached hydrogens (tertiary/aromatic N) is 1. The highest BCUT2D eigenvalue weighted by Crippen LogP contribution is 2.26. The number of carbonyl (C=O) groups excluding carboxylic acids is 1. The Hall–Kier alpha value is -3.32. The lowest BCUT2D eigenvalue weighted by atomic mass is 9.99. The maximum atomic E-state index is 13.5. The molecule has 3 rings (SSSR count). The van der Waals surface area contributed by atoms with Crippen LogP contribution in [0.4, 0.5) is 5.69 Å². The third kappa shape index (κ3) is 5.97. The number of hydrogen-bond acceptors (Lipinski definition) is 4. The molecule has 0 bridgehead atoms. The van der Waals surface area contributed by atoms with Gasteiger partial charge in [0, 0.05) is 0 Å². The molecule has 1 N–H and O–H groups in total. The second kappa shape index (κ2) is 11.2. The molecule has 3 aromatic rings. The van der Waals surface area contributed by atoms with Crippen LogP contribution in [-0.4, -0.2) is 27.5 Å². The number of carbonyl (C=O) groups is 1. The van der Waals surface area contributed by atoms with Gasteiger partial charge in [0.25, 0.3) is 10.0 Å². The predicted molar refractivity (Wildman–Crippen MR) is 136 cm³/mol. The summed E-state index contributed by atoms with van der Waals surface area (Å²) in [6.07, 6.45) is 0.683. The van der Waals surface area contributed by atoms with E-state index in [0.717, 1.165) is 15.4 Å². The number of anilines is 1. The van der Waals surface area contributed by atoms with Crippen LogP contribution < -0.4 is 14.4 Å². The van der Waals surface area contributed by atoms with Gasteiger partial charge >= 0.3 is 0 Å². The van der Waals surface area contributed by atoms with Gasteiger partial charge in [-0.15, -0.1) is 0 Å². The number of amides is 1. The van der Waals surface area contributed by atoms with Gasteiger partial charge in [-0.3, -0.25) is 9.10 Å². The molecule has 0 spiro atoms. The van der Waals surface area contributed by atoms with E-state index in [0.29, 0.717) is 24.5 Å². The Labute approximate surface area is 202 Å². The van der Waals surface area contributed by atoms with Crippen molar-refractivity contribution in [3.8, 4) is 5.75 Å². The normalized spacial score (nSPS) is 12.1. The monoisotopic (exact) mass is 480 g/mol. The molecule has 0 aliphatic carbocycles. The van der Waals surface area contributed by atoms with Gasteiger partial charge in [0.15, 0.2) is 0 Å². The lowest BCUT2D eigenvalue weighted by Crippen LogP contribution is -2.42. The highest BCUT2D eigenvalue weighted by Gasteiger charge is 2.28. The molecule has 0 aliphatic rings. The average molecular weight is 481 g/mol. The summed E-state index contributed by atoms with van der Waals surface area (Å²) in [5.41, 5.74) is 3.72. The highest BCUT2D eigenvalue weighted by molar-refractivity contribution is 7.92. The summed E-state index contributed by atoms with van der Waals surface area (Å²) in [7, 11) is -3.96. The Morgan fingerprint density at radius 3 is 2.21 bits per heavy atom. The minimum Gasteiger partial charge on any atom is -0.494 e. The van der Waals surface area contributed by atoms with Gasteiger partial charge in [0.2, 0.25) is 5.91 Å². The van der Waals surface area contributed by atoms with Crippen LogP contribution in [0.25, 0.3) is 0 Å². The van der Waals surface area contributed by atoms with Crippen molar-refractivity contribution in [1.29, 1.82) is 0 Å². The van der Waals surface area contributed by atoms with Gasteiger partial charge in [-0.05, 0) is 80.3 Å². The number of rotatable bonds is 10. The van der Waals surface area contributed by atoms with Crippen LogP contribution in [-0.2, 0) is 14.8 Å². The van der Waals surface area contributed by atoms with Gasteiger partial charge in [-0.2, -0.15) is 0 Å². The van der Waals surface area contributed by atoms with Crippen molar-refractivity contribution < 1.29 is 17.9 Å². The van der Waals surface area contributed by atoms with Crippen molar-refractivity contribution in [3.63, 3.8) is 0 Å². The molecule has 1 unspecified atom stereocenters. The first kappa shape index (κ1) is 25.3. The Morgan fingerprint density at radius 2 is 1.62 bits per heavy atom. The Bertz CT molecular complexity index is 1210. The van der Waals surface area contributed by atoms with Gasteiger partial charge in [0.1, 0.15) is 12.3 Å². The second-order valence-electron chi connectivity index (χ2n) is 8.12. The molecule has 0 saturated carbocycles. The van der Waals surface area contributed by atoms with Crippen molar-refractivity contribution in [2.24, 2.45) is 0 Å². The fourth-order valence-corrected chi connectivity index (χ4v) is 5.12. The SMILES string of the molecule is CCOc1ccc(N(CC(=O)NC(CC)c2ccc(C)c(C)c2)S(=O)(=O)c2ccccc2)cc1. The molecule has 1 amide bonds. The first-order valence-electron chi connectivity index (χ1n) is 11.4. The zero-order valence-corrected chi connectivity index (χ0v) is 20.9. The number of nitrogens with one attached hydrogen (secondary N) is 1. The molecule has 0 aliphatic heterocycles. The molecule has 1 atom stereocenters. The number of hydrogen-bond donors (Lipinski definition) is 1. The first-order chi connectivity index (χ1) is 16.3.